The molecule has 1 aromatic rings. The maximum absolute atomic E-state index is 14.1. The molecule has 2 aliphatic heterocycles. The van der Waals surface area contributed by atoms with E-state index in [1.165, 1.54) is 71.3 Å². The number of benzene rings is 1. The summed E-state index contributed by atoms with van der Waals surface area (Å²) < 4.78 is 30.3. The topological polar surface area (TPSA) is 135 Å². The molecular formula is C47H65NO10. The van der Waals surface area contributed by atoms with Gasteiger partial charge in [-0.15, -0.1) is 0 Å². The number of nitrogens with zero attached hydrogens (tertiary/aromatic N) is 1. The van der Waals surface area contributed by atoms with E-state index in [-0.39, 0.29) is 29.3 Å². The number of rotatable bonds is 12. The van der Waals surface area contributed by atoms with Crippen molar-refractivity contribution in [2.45, 2.75) is 163 Å². The quantitative estimate of drug-likeness (QED) is 0.0881. The number of carbonyl (C=O) groups excluding carboxylic acids is 5. The molecule has 0 radical (unpaired) electrons. The number of allylic oxidation sites excluding steroid dienone is 1. The maximum Gasteiger partial charge on any atom is 0.303 e. The van der Waals surface area contributed by atoms with E-state index in [2.05, 4.69) is 40.7 Å². The highest BCUT2D eigenvalue weighted by molar-refractivity contribution is 6.21. The highest BCUT2D eigenvalue weighted by Crippen LogP contribution is 2.67. The molecule has 318 valence electrons. The Morgan fingerprint density at radius 2 is 1.52 bits per heavy atom. The smallest absolute Gasteiger partial charge is 0.303 e. The number of fused-ring (bicyclic) bond motifs is 6. The normalized spacial score (nSPS) is 37.3. The van der Waals surface area contributed by atoms with Gasteiger partial charge >= 0.3 is 17.9 Å². The lowest BCUT2D eigenvalue weighted by atomic mass is 9.47. The van der Waals surface area contributed by atoms with Crippen molar-refractivity contribution in [1.29, 1.82) is 0 Å². The van der Waals surface area contributed by atoms with E-state index < -0.39 is 60.4 Å². The second kappa shape index (κ2) is 16.8. The lowest BCUT2D eigenvalue weighted by Gasteiger charge is -2.58. The molecule has 13 atom stereocenters. The van der Waals surface area contributed by atoms with Gasteiger partial charge in [0.25, 0.3) is 11.8 Å². The molecule has 6 aliphatic rings. The molecule has 0 spiro atoms. The Morgan fingerprint density at radius 1 is 0.845 bits per heavy atom. The van der Waals surface area contributed by atoms with Crippen molar-refractivity contribution >= 4 is 29.7 Å². The van der Waals surface area contributed by atoms with Crippen LogP contribution in [0.2, 0.25) is 0 Å². The van der Waals surface area contributed by atoms with E-state index in [9.17, 15) is 24.0 Å². The van der Waals surface area contributed by atoms with Gasteiger partial charge in [-0.2, -0.15) is 0 Å². The standard InChI is InChI=1S/C47H65NO10/c1-26(2)12-11-13-27(3)36-18-19-37-35-17-16-31-24-32(20-22-46(31,7)38(35)21-23-47(36,37)8)57-45-40(48-43(52)33-14-9-10-15-34(33)44(48)53)42(56-30(6)51)41(55-29(5)50)39(58-45)25-54-28(4)49/h9-10,14-16,26-27,32,35-42,45H,11-13,17-25H2,1-8H3/t27-,32+,35+,36-,37+,38+,39-,40-,41-,42-,45-,46+,47-/m1/s1. The van der Waals surface area contributed by atoms with Crippen molar-refractivity contribution in [3.05, 3.63) is 47.0 Å². The first-order valence-corrected chi connectivity index (χ1v) is 22.0. The fourth-order valence-electron chi connectivity index (χ4n) is 12.7. The number of imide groups is 1. The molecule has 2 heterocycles. The molecular weight excluding hydrogens is 739 g/mol. The summed E-state index contributed by atoms with van der Waals surface area (Å²) in [6.07, 6.45) is 9.56. The summed E-state index contributed by atoms with van der Waals surface area (Å²) in [6, 6.07) is 5.18. The minimum Gasteiger partial charge on any atom is -0.463 e. The Hall–Kier alpha value is -3.57. The van der Waals surface area contributed by atoms with Gasteiger partial charge < -0.3 is 23.7 Å². The van der Waals surface area contributed by atoms with E-state index in [1.807, 2.05) is 0 Å². The van der Waals surface area contributed by atoms with Gasteiger partial charge in [-0.1, -0.05) is 77.7 Å². The highest BCUT2D eigenvalue weighted by Gasteiger charge is 2.61. The van der Waals surface area contributed by atoms with E-state index in [0.717, 1.165) is 47.8 Å². The molecule has 1 saturated heterocycles. The number of hydrogen-bond acceptors (Lipinski definition) is 10. The zero-order valence-corrected chi connectivity index (χ0v) is 35.8. The minimum absolute atomic E-state index is 0.0407. The van der Waals surface area contributed by atoms with Crippen LogP contribution in [0.4, 0.5) is 0 Å². The number of ether oxygens (including phenoxy) is 5. The second-order valence-electron chi connectivity index (χ2n) is 19.3. The van der Waals surface area contributed by atoms with Gasteiger partial charge in [0.1, 0.15) is 18.8 Å². The molecule has 4 fully saturated rings. The summed E-state index contributed by atoms with van der Waals surface area (Å²) in [5.41, 5.74) is 2.23. The van der Waals surface area contributed by atoms with Crippen molar-refractivity contribution in [3.8, 4) is 0 Å². The van der Waals surface area contributed by atoms with Crippen LogP contribution >= 0.6 is 0 Å². The highest BCUT2D eigenvalue weighted by atomic mass is 16.7. The van der Waals surface area contributed by atoms with Crippen LogP contribution in [0.25, 0.3) is 0 Å². The van der Waals surface area contributed by atoms with Crippen LogP contribution in [0.3, 0.4) is 0 Å². The average molecular weight is 804 g/mol. The molecule has 1 aromatic carbocycles. The lowest BCUT2D eigenvalue weighted by molar-refractivity contribution is -0.297. The van der Waals surface area contributed by atoms with Crippen molar-refractivity contribution in [1.82, 2.24) is 4.90 Å². The molecule has 7 rings (SSSR count). The minimum atomic E-state index is -1.38. The van der Waals surface area contributed by atoms with Crippen molar-refractivity contribution in [2.24, 2.45) is 46.3 Å². The fraction of sp³-hybridized carbons (Fsp3) is 0.723. The molecule has 3 saturated carbocycles. The van der Waals surface area contributed by atoms with Gasteiger partial charge in [0, 0.05) is 20.8 Å². The molecule has 0 unspecified atom stereocenters. The number of hydrogen-bond donors (Lipinski definition) is 0. The molecule has 4 aliphatic carbocycles. The number of esters is 3. The van der Waals surface area contributed by atoms with Gasteiger partial charge in [0.15, 0.2) is 18.5 Å². The largest absolute Gasteiger partial charge is 0.463 e. The van der Waals surface area contributed by atoms with Crippen LogP contribution in [-0.4, -0.2) is 78.0 Å². The second-order valence-corrected chi connectivity index (χ2v) is 19.3. The molecule has 11 heteroatoms. The lowest BCUT2D eigenvalue weighted by Crippen LogP contribution is -2.68. The van der Waals surface area contributed by atoms with Crippen molar-refractivity contribution < 1.29 is 47.7 Å². The Bertz CT molecular complexity index is 1750. The van der Waals surface area contributed by atoms with Crippen LogP contribution in [0.5, 0.6) is 0 Å². The summed E-state index contributed by atoms with van der Waals surface area (Å²) in [5, 5.41) is 0. The van der Waals surface area contributed by atoms with E-state index in [0.29, 0.717) is 23.7 Å². The predicted octanol–water partition coefficient (Wildman–Crippen LogP) is 8.23. The van der Waals surface area contributed by atoms with E-state index in [4.69, 9.17) is 23.7 Å². The molecule has 2 amide bonds. The Morgan fingerprint density at radius 3 is 2.16 bits per heavy atom. The molecule has 0 bridgehead atoms. The molecule has 11 nitrogen and oxygen atoms in total. The van der Waals surface area contributed by atoms with Gasteiger partial charge in [0.2, 0.25) is 0 Å². The summed E-state index contributed by atoms with van der Waals surface area (Å²) in [7, 11) is 0. The molecule has 58 heavy (non-hydrogen) atoms. The Balaban J connectivity index is 1.14. The number of carbonyl (C=O) groups is 5. The summed E-state index contributed by atoms with van der Waals surface area (Å²) in [6.45, 7) is 15.6. The van der Waals surface area contributed by atoms with Crippen LogP contribution in [0.1, 0.15) is 147 Å². The zero-order valence-electron chi connectivity index (χ0n) is 35.8. The monoisotopic (exact) mass is 803 g/mol. The van der Waals surface area contributed by atoms with E-state index >= 15 is 0 Å². The third-order valence-electron chi connectivity index (χ3n) is 15.4. The van der Waals surface area contributed by atoms with Gasteiger partial charge in [0.05, 0.1) is 17.2 Å². The maximum atomic E-state index is 14.1. The summed E-state index contributed by atoms with van der Waals surface area (Å²) in [4.78, 5) is 66.4. The molecule has 0 aromatic heterocycles. The Labute approximate surface area is 344 Å². The average Bonchev–Trinajstić information content (AvgIpc) is 3.64. The summed E-state index contributed by atoms with van der Waals surface area (Å²) in [5.74, 6) is 1.11. The first-order chi connectivity index (χ1) is 27.5. The van der Waals surface area contributed by atoms with Crippen LogP contribution in [0.15, 0.2) is 35.9 Å². The van der Waals surface area contributed by atoms with Gasteiger partial charge in [-0.3, -0.25) is 28.9 Å². The third-order valence-corrected chi connectivity index (χ3v) is 15.4. The third kappa shape index (κ3) is 7.91. The van der Waals surface area contributed by atoms with Gasteiger partial charge in [-0.25, -0.2) is 0 Å². The summed E-state index contributed by atoms with van der Waals surface area (Å²) >= 11 is 0. The molecule has 0 N–H and O–H groups in total. The van der Waals surface area contributed by atoms with Crippen LogP contribution in [0, 0.1) is 46.3 Å². The van der Waals surface area contributed by atoms with Gasteiger partial charge in [-0.05, 0) is 110 Å². The predicted molar refractivity (Wildman–Crippen MR) is 215 cm³/mol. The SMILES string of the molecule is CC(=O)OC[C@H]1O[C@@H](O[C@H]2CC[C@@]3(C)C(=CC[C@H]4[C@@H]5CC[C@H]([C@H](C)CCCC(C)C)[C@@]5(C)CC[C@@H]43)C2)[C@H](N2C(=O)c3ccccc3C2=O)[C@@H](OC(C)=O)[C@@H]1OC(C)=O. The van der Waals surface area contributed by atoms with Crippen LogP contribution in [-0.2, 0) is 38.1 Å². The van der Waals surface area contributed by atoms with Crippen molar-refractivity contribution in [3.63, 3.8) is 0 Å². The zero-order chi connectivity index (χ0) is 41.7. The fourth-order valence-corrected chi connectivity index (χ4v) is 12.7. The first-order valence-electron chi connectivity index (χ1n) is 22.0. The van der Waals surface area contributed by atoms with Crippen LogP contribution < -0.4 is 0 Å². The Kier molecular flexibility index (Phi) is 12.3. The number of amides is 2. The van der Waals surface area contributed by atoms with E-state index in [1.54, 1.807) is 24.3 Å². The first kappa shape index (κ1) is 42.6. The van der Waals surface area contributed by atoms with Crippen molar-refractivity contribution in [2.75, 3.05) is 6.61 Å².